The number of nitrogen functional groups attached to an aromatic ring is 1. The zero-order valence-electron chi connectivity index (χ0n) is 19.7. The Labute approximate surface area is 202 Å². The Morgan fingerprint density at radius 2 is 1.91 bits per heavy atom. The van der Waals surface area contributed by atoms with Crippen LogP contribution in [0.25, 0.3) is 6.08 Å². The van der Waals surface area contributed by atoms with Gasteiger partial charge < -0.3 is 10.5 Å². The number of aromatic amines is 1. The number of methoxy groups -OCH3 is 1. The van der Waals surface area contributed by atoms with Crippen LogP contribution in [-0.2, 0) is 17.9 Å². The minimum atomic E-state index is -0.769. The van der Waals surface area contributed by atoms with Crippen LogP contribution in [0.2, 0.25) is 0 Å². The second kappa shape index (κ2) is 11.5. The zero-order chi connectivity index (χ0) is 25.4. The van der Waals surface area contributed by atoms with Crippen molar-refractivity contribution in [2.45, 2.75) is 32.9 Å². The van der Waals surface area contributed by atoms with Crippen LogP contribution in [0.15, 0.2) is 64.2 Å². The minimum Gasteiger partial charge on any atom is -0.496 e. The van der Waals surface area contributed by atoms with Crippen molar-refractivity contribution >= 4 is 23.5 Å². The summed E-state index contributed by atoms with van der Waals surface area (Å²) in [6, 6.07) is 16.0. The van der Waals surface area contributed by atoms with Gasteiger partial charge in [0.15, 0.2) is 5.69 Å². The summed E-state index contributed by atoms with van der Waals surface area (Å²) in [5.41, 5.74) is 6.35. The number of nitrogens with two attached hydrogens (primary N) is 1. The largest absolute Gasteiger partial charge is 0.496 e. The number of aromatic nitrogens is 2. The number of carbonyl (C=O) groups is 1. The van der Waals surface area contributed by atoms with Gasteiger partial charge in [-0.25, -0.2) is 4.79 Å². The predicted molar refractivity (Wildman–Crippen MR) is 135 cm³/mol. The van der Waals surface area contributed by atoms with E-state index in [-0.39, 0.29) is 18.1 Å². The van der Waals surface area contributed by atoms with E-state index in [0.717, 1.165) is 6.42 Å². The molecule has 0 bridgehead atoms. The summed E-state index contributed by atoms with van der Waals surface area (Å²) in [5.74, 6) is -0.124. The number of ether oxygens (including phenoxy) is 1. The first-order valence-corrected chi connectivity index (χ1v) is 11.1. The number of para-hydroxylation sites is 1. The zero-order valence-corrected chi connectivity index (χ0v) is 19.7. The van der Waals surface area contributed by atoms with Crippen molar-refractivity contribution in [3.63, 3.8) is 0 Å². The predicted octanol–water partition coefficient (Wildman–Crippen LogP) is 3.05. The molecule has 1 heterocycles. The monoisotopic (exact) mass is 473 g/mol. The molecule has 3 N–H and O–H groups in total. The van der Waals surface area contributed by atoms with E-state index >= 15 is 0 Å². The molecule has 0 aliphatic heterocycles. The maximum absolute atomic E-state index is 13.5. The fourth-order valence-electron chi connectivity index (χ4n) is 3.64. The van der Waals surface area contributed by atoms with Gasteiger partial charge in [0.05, 0.1) is 25.3 Å². The number of rotatable bonds is 9. The molecule has 0 fully saturated rings. The van der Waals surface area contributed by atoms with E-state index in [1.165, 1.54) is 28.7 Å². The molecule has 3 rings (SSSR count). The summed E-state index contributed by atoms with van der Waals surface area (Å²) >= 11 is 0. The summed E-state index contributed by atoms with van der Waals surface area (Å²) in [6.45, 7) is 2.23. The van der Waals surface area contributed by atoms with Crippen molar-refractivity contribution in [3.05, 3.63) is 92.1 Å². The van der Waals surface area contributed by atoms with E-state index in [1.54, 1.807) is 48.5 Å². The van der Waals surface area contributed by atoms with Gasteiger partial charge >= 0.3 is 5.69 Å². The number of carbonyl (C=O) groups excluding carboxylic acids is 1. The van der Waals surface area contributed by atoms with Crippen LogP contribution in [0.3, 0.4) is 0 Å². The smallest absolute Gasteiger partial charge is 0.330 e. The summed E-state index contributed by atoms with van der Waals surface area (Å²) < 4.78 is 6.67. The maximum Gasteiger partial charge on any atom is 0.330 e. The summed E-state index contributed by atoms with van der Waals surface area (Å²) in [5, 5.41) is 9.34. The molecule has 0 aliphatic rings. The number of H-pyrrole nitrogens is 1. The van der Waals surface area contributed by atoms with E-state index in [4.69, 9.17) is 10.5 Å². The van der Waals surface area contributed by atoms with Crippen molar-refractivity contribution in [2.24, 2.45) is 0 Å². The molecule has 1 amide bonds. The van der Waals surface area contributed by atoms with Gasteiger partial charge in [-0.3, -0.25) is 24.0 Å². The Balaban J connectivity index is 2.13. The Bertz CT molecular complexity index is 1400. The Morgan fingerprint density at radius 1 is 1.20 bits per heavy atom. The number of nitrogens with one attached hydrogen (secondary N) is 1. The van der Waals surface area contributed by atoms with Crippen molar-refractivity contribution in [3.8, 4) is 11.8 Å². The van der Waals surface area contributed by atoms with Gasteiger partial charge in [0.2, 0.25) is 0 Å². The van der Waals surface area contributed by atoms with Gasteiger partial charge in [0, 0.05) is 18.2 Å². The minimum absolute atomic E-state index is 0.0354. The third-order valence-corrected chi connectivity index (χ3v) is 5.49. The van der Waals surface area contributed by atoms with Gasteiger partial charge in [0.25, 0.3) is 11.5 Å². The van der Waals surface area contributed by atoms with Gasteiger partial charge in [-0.05, 0) is 30.2 Å². The molecular formula is C26H27N5O4. The first-order valence-electron chi connectivity index (χ1n) is 11.1. The molecule has 35 heavy (non-hydrogen) atoms. The van der Waals surface area contributed by atoms with Crippen molar-refractivity contribution in [1.82, 2.24) is 9.55 Å². The normalized spacial score (nSPS) is 10.8. The molecule has 180 valence electrons. The van der Waals surface area contributed by atoms with Crippen molar-refractivity contribution < 1.29 is 9.53 Å². The molecule has 0 saturated carbocycles. The van der Waals surface area contributed by atoms with E-state index in [1.807, 2.05) is 6.92 Å². The molecular weight excluding hydrogens is 446 g/mol. The van der Waals surface area contributed by atoms with Crippen LogP contribution in [0.1, 0.15) is 36.5 Å². The Morgan fingerprint density at radius 3 is 2.63 bits per heavy atom. The SMILES string of the molecule is CCCCn1c(N)c(N(Cc2ccccc2OC)C(=O)/C=C/c2ccccc2C#N)c(=O)[nH]c1=O. The molecule has 9 nitrogen and oxygen atoms in total. The quantitative estimate of drug-likeness (QED) is 0.459. The number of hydrogen-bond acceptors (Lipinski definition) is 6. The number of nitrogens with zero attached hydrogens (tertiary/aromatic N) is 3. The highest BCUT2D eigenvalue weighted by Gasteiger charge is 2.24. The molecule has 0 spiro atoms. The Hall–Kier alpha value is -4.58. The van der Waals surface area contributed by atoms with Crippen LogP contribution in [0.4, 0.5) is 11.5 Å². The number of nitriles is 1. The van der Waals surface area contributed by atoms with Crippen LogP contribution >= 0.6 is 0 Å². The average Bonchev–Trinajstić information content (AvgIpc) is 2.86. The highest BCUT2D eigenvalue weighted by atomic mass is 16.5. The molecule has 0 radical (unpaired) electrons. The molecule has 0 atom stereocenters. The Kier molecular flexibility index (Phi) is 8.24. The van der Waals surface area contributed by atoms with Gasteiger partial charge in [-0.15, -0.1) is 0 Å². The third-order valence-electron chi connectivity index (χ3n) is 5.49. The van der Waals surface area contributed by atoms with Crippen LogP contribution in [-0.4, -0.2) is 22.6 Å². The summed E-state index contributed by atoms with van der Waals surface area (Å²) in [6.07, 6.45) is 4.26. The highest BCUT2D eigenvalue weighted by molar-refractivity contribution is 6.05. The van der Waals surface area contributed by atoms with E-state index in [2.05, 4.69) is 11.1 Å². The number of anilines is 2. The molecule has 0 aliphatic carbocycles. The lowest BCUT2D eigenvalue weighted by Crippen LogP contribution is -2.40. The van der Waals surface area contributed by atoms with E-state index in [0.29, 0.717) is 35.4 Å². The van der Waals surface area contributed by atoms with Crippen molar-refractivity contribution in [1.29, 1.82) is 5.26 Å². The number of benzene rings is 2. The fourth-order valence-corrected chi connectivity index (χ4v) is 3.64. The number of unbranched alkanes of at least 4 members (excludes halogenated alkanes) is 1. The van der Waals surface area contributed by atoms with Crippen molar-refractivity contribution in [2.75, 3.05) is 17.7 Å². The molecule has 3 aromatic rings. The average molecular weight is 474 g/mol. The summed E-state index contributed by atoms with van der Waals surface area (Å²) in [4.78, 5) is 42.3. The highest BCUT2D eigenvalue weighted by Crippen LogP contribution is 2.25. The number of hydrogen-bond donors (Lipinski definition) is 2. The van der Waals surface area contributed by atoms with E-state index in [9.17, 15) is 19.6 Å². The first-order chi connectivity index (χ1) is 16.9. The first kappa shape index (κ1) is 25.1. The third kappa shape index (κ3) is 5.68. The fraction of sp³-hybridized carbons (Fsp3) is 0.231. The summed E-state index contributed by atoms with van der Waals surface area (Å²) in [7, 11) is 1.51. The van der Waals surface area contributed by atoms with Gasteiger partial charge in [-0.2, -0.15) is 5.26 Å². The van der Waals surface area contributed by atoms with Crippen LogP contribution in [0, 0.1) is 11.3 Å². The molecule has 0 saturated heterocycles. The second-order valence-electron chi connectivity index (χ2n) is 7.77. The molecule has 2 aromatic carbocycles. The topological polar surface area (TPSA) is 134 Å². The molecule has 0 unspecified atom stereocenters. The van der Waals surface area contributed by atoms with Crippen LogP contribution < -0.4 is 26.6 Å². The second-order valence-corrected chi connectivity index (χ2v) is 7.77. The van der Waals surface area contributed by atoms with Crippen LogP contribution in [0.5, 0.6) is 5.75 Å². The lowest BCUT2D eigenvalue weighted by atomic mass is 10.1. The lowest BCUT2D eigenvalue weighted by molar-refractivity contribution is -0.114. The van der Waals surface area contributed by atoms with Gasteiger partial charge in [-0.1, -0.05) is 49.7 Å². The maximum atomic E-state index is 13.5. The molecule has 1 aromatic heterocycles. The van der Waals surface area contributed by atoms with Gasteiger partial charge in [0.1, 0.15) is 11.6 Å². The number of amides is 1. The molecule has 9 heteroatoms. The standard InChI is InChI=1S/C26H27N5O4/c1-3-4-15-30-24(28)23(25(33)29-26(30)34)31(17-20-11-7-8-12-21(20)35-2)22(32)14-13-18-9-5-6-10-19(18)16-27/h5-14H,3-4,15,17,28H2,1-2H3,(H,29,33,34)/b14-13+. The lowest BCUT2D eigenvalue weighted by Gasteiger charge is -2.24. The van der Waals surface area contributed by atoms with E-state index < -0.39 is 17.2 Å².